The molecule has 0 unspecified atom stereocenters. The molecule has 0 radical (unpaired) electrons. The molecule has 2 aromatic rings. The normalized spacial score (nSPS) is 9.76. The molecule has 2 aromatic carbocycles. The Bertz CT molecular complexity index is 696. The van der Waals surface area contributed by atoms with Gasteiger partial charge in [-0.1, -0.05) is 0 Å². The molecule has 0 aliphatic carbocycles. The van der Waals surface area contributed by atoms with Crippen molar-refractivity contribution in [1.29, 1.82) is 5.26 Å². The van der Waals surface area contributed by atoms with E-state index in [-0.39, 0.29) is 12.2 Å². The summed E-state index contributed by atoms with van der Waals surface area (Å²) in [7, 11) is 0. The lowest BCUT2D eigenvalue weighted by atomic mass is 10.2. The van der Waals surface area contributed by atoms with Crippen LogP contribution in [0.1, 0.15) is 10.4 Å². The molecule has 0 atom stereocenters. The first-order valence-electron chi connectivity index (χ1n) is 5.96. The van der Waals surface area contributed by atoms with E-state index in [9.17, 15) is 9.18 Å². The zero-order valence-corrected chi connectivity index (χ0v) is 12.4. The van der Waals surface area contributed by atoms with Gasteiger partial charge in [0.2, 0.25) is 0 Å². The quantitative estimate of drug-likeness (QED) is 0.915. The van der Waals surface area contributed by atoms with E-state index in [0.29, 0.717) is 15.9 Å². The molecule has 0 saturated carbocycles. The highest BCUT2D eigenvalue weighted by molar-refractivity contribution is 9.10. The third-order valence-electron chi connectivity index (χ3n) is 2.59. The van der Waals surface area contributed by atoms with Crippen molar-refractivity contribution in [2.24, 2.45) is 0 Å². The number of amides is 1. The van der Waals surface area contributed by atoms with Gasteiger partial charge in [0.15, 0.2) is 6.61 Å². The molecule has 106 valence electrons. The Morgan fingerprint density at radius 1 is 1.29 bits per heavy atom. The van der Waals surface area contributed by atoms with Gasteiger partial charge in [-0.25, -0.2) is 4.39 Å². The van der Waals surface area contributed by atoms with E-state index in [2.05, 4.69) is 21.2 Å². The average molecular weight is 349 g/mol. The summed E-state index contributed by atoms with van der Waals surface area (Å²) in [6.45, 7) is -0.0397. The van der Waals surface area contributed by atoms with E-state index in [1.54, 1.807) is 24.3 Å². The molecule has 1 N–H and O–H groups in total. The summed E-state index contributed by atoms with van der Waals surface area (Å²) in [5.74, 6) is -0.378. The fourth-order valence-electron chi connectivity index (χ4n) is 1.62. The molecule has 6 heteroatoms. The van der Waals surface area contributed by atoms with Gasteiger partial charge in [0, 0.05) is 10.2 Å². The molecule has 0 fully saturated rings. The largest absolute Gasteiger partial charge is 0.479 e. The van der Waals surface area contributed by atoms with Crippen molar-refractivity contribution in [2.75, 3.05) is 11.9 Å². The van der Waals surface area contributed by atoms with Crippen molar-refractivity contribution in [2.45, 2.75) is 0 Å². The first kappa shape index (κ1) is 15.0. The molecule has 0 saturated heterocycles. The van der Waals surface area contributed by atoms with Gasteiger partial charge in [0.05, 0.1) is 5.56 Å². The monoisotopic (exact) mass is 348 g/mol. The average Bonchev–Trinajstić information content (AvgIpc) is 2.49. The van der Waals surface area contributed by atoms with E-state index in [1.165, 1.54) is 12.1 Å². The summed E-state index contributed by atoms with van der Waals surface area (Å²) >= 11 is 3.21. The van der Waals surface area contributed by atoms with Gasteiger partial charge >= 0.3 is 0 Å². The molecule has 0 heterocycles. The van der Waals surface area contributed by atoms with Gasteiger partial charge in [-0.05, 0) is 58.4 Å². The molecule has 0 bridgehead atoms. The minimum atomic E-state index is -0.483. The molecule has 0 aromatic heterocycles. The topological polar surface area (TPSA) is 62.1 Å². The molecule has 21 heavy (non-hydrogen) atoms. The fraction of sp³-hybridized carbons (Fsp3) is 0.0667. The predicted molar refractivity (Wildman–Crippen MR) is 79.6 cm³/mol. The van der Waals surface area contributed by atoms with Gasteiger partial charge in [-0.3, -0.25) is 4.79 Å². The van der Waals surface area contributed by atoms with E-state index in [1.807, 2.05) is 6.07 Å². The Morgan fingerprint density at radius 3 is 2.67 bits per heavy atom. The third-order valence-corrected chi connectivity index (χ3v) is 3.28. The maximum absolute atomic E-state index is 13.2. The van der Waals surface area contributed by atoms with Crippen LogP contribution in [-0.2, 0) is 0 Å². The number of nitriles is 1. The number of nitrogens with zero attached hydrogens (tertiary/aromatic N) is 1. The molecule has 0 aliphatic heterocycles. The van der Waals surface area contributed by atoms with E-state index in [4.69, 9.17) is 10.00 Å². The van der Waals surface area contributed by atoms with Crippen molar-refractivity contribution in [1.82, 2.24) is 0 Å². The maximum atomic E-state index is 13.2. The number of carbonyl (C=O) groups excluding carboxylic acids is 1. The molecular formula is C15H10BrFN2O2. The number of halogens is 2. The Morgan fingerprint density at radius 2 is 2.00 bits per heavy atom. The summed E-state index contributed by atoms with van der Waals surface area (Å²) in [4.78, 5) is 12.1. The number of carbonyl (C=O) groups is 1. The van der Waals surface area contributed by atoms with Crippen LogP contribution in [0.2, 0.25) is 0 Å². The first-order chi connectivity index (χ1) is 10.1. The van der Waals surface area contributed by atoms with E-state index >= 15 is 0 Å². The molecule has 4 nitrogen and oxygen atoms in total. The van der Waals surface area contributed by atoms with Crippen molar-refractivity contribution in [3.8, 4) is 11.8 Å². The van der Waals surface area contributed by atoms with Gasteiger partial charge in [0.1, 0.15) is 17.6 Å². The molecule has 1 amide bonds. The third kappa shape index (κ3) is 4.04. The predicted octanol–water partition coefficient (Wildman–Crippen LogP) is 3.74. The molecular weight excluding hydrogens is 339 g/mol. The Labute approximate surface area is 129 Å². The van der Waals surface area contributed by atoms with Crippen LogP contribution in [0.4, 0.5) is 10.1 Å². The van der Waals surface area contributed by atoms with Crippen LogP contribution in [-0.4, -0.2) is 12.5 Å². The molecule has 0 spiro atoms. The maximum Gasteiger partial charge on any atom is 0.256 e. The fourth-order valence-corrected chi connectivity index (χ4v) is 2.05. The zero-order valence-electron chi connectivity index (χ0n) is 10.8. The van der Waals surface area contributed by atoms with Gasteiger partial charge < -0.3 is 10.1 Å². The summed E-state index contributed by atoms with van der Waals surface area (Å²) in [6, 6.07) is 12.3. The lowest BCUT2D eigenvalue weighted by molar-refractivity contribution is 0.102. The second kappa shape index (κ2) is 6.86. The van der Waals surface area contributed by atoms with E-state index < -0.39 is 11.7 Å². The standard InChI is InChI=1S/C15H10BrFN2O2/c16-14-6-1-10(17)9-13(14)15(20)19-11-2-4-12(5-3-11)21-8-7-18/h1-6,9H,8H2,(H,19,20). The van der Waals surface area contributed by atoms with Gasteiger partial charge in [-0.2, -0.15) is 5.26 Å². The van der Waals surface area contributed by atoms with E-state index in [0.717, 1.165) is 6.07 Å². The number of hydrogen-bond acceptors (Lipinski definition) is 3. The van der Waals surface area contributed by atoms with Crippen LogP contribution in [0.25, 0.3) is 0 Å². The highest BCUT2D eigenvalue weighted by Gasteiger charge is 2.11. The minimum absolute atomic E-state index is 0.0397. The minimum Gasteiger partial charge on any atom is -0.479 e. The van der Waals surface area contributed by atoms with Gasteiger partial charge in [-0.15, -0.1) is 0 Å². The van der Waals surface area contributed by atoms with Crippen molar-refractivity contribution in [3.05, 3.63) is 58.3 Å². The summed E-state index contributed by atoms with van der Waals surface area (Å²) in [6.07, 6.45) is 0. The highest BCUT2D eigenvalue weighted by Crippen LogP contribution is 2.21. The number of nitrogens with one attached hydrogen (secondary N) is 1. The van der Waals surface area contributed by atoms with Crippen LogP contribution in [0.5, 0.6) is 5.75 Å². The Balaban J connectivity index is 2.09. The number of rotatable bonds is 4. The molecule has 0 aliphatic rings. The summed E-state index contributed by atoms with van der Waals surface area (Å²) < 4.78 is 18.8. The summed E-state index contributed by atoms with van der Waals surface area (Å²) in [5.41, 5.74) is 0.750. The lowest BCUT2D eigenvalue weighted by Gasteiger charge is -2.08. The first-order valence-corrected chi connectivity index (χ1v) is 6.75. The van der Waals surface area contributed by atoms with Gasteiger partial charge in [0.25, 0.3) is 5.91 Å². The highest BCUT2D eigenvalue weighted by atomic mass is 79.9. The van der Waals surface area contributed by atoms with Crippen LogP contribution in [0, 0.1) is 17.1 Å². The Hall–Kier alpha value is -2.39. The van der Waals surface area contributed by atoms with Crippen molar-refractivity contribution in [3.63, 3.8) is 0 Å². The lowest BCUT2D eigenvalue weighted by Crippen LogP contribution is -2.12. The second-order valence-electron chi connectivity index (χ2n) is 4.05. The number of benzene rings is 2. The van der Waals surface area contributed by atoms with Crippen LogP contribution >= 0.6 is 15.9 Å². The smallest absolute Gasteiger partial charge is 0.256 e. The Kier molecular flexibility index (Phi) is 4.90. The van der Waals surface area contributed by atoms with Crippen LogP contribution in [0.3, 0.4) is 0 Å². The summed E-state index contributed by atoms with van der Waals surface area (Å²) in [5, 5.41) is 11.1. The zero-order chi connectivity index (χ0) is 15.2. The number of hydrogen-bond donors (Lipinski definition) is 1. The molecule has 2 rings (SSSR count). The SMILES string of the molecule is N#CCOc1ccc(NC(=O)c2cc(F)ccc2Br)cc1. The number of anilines is 1. The van der Waals surface area contributed by atoms with Crippen LogP contribution < -0.4 is 10.1 Å². The van der Waals surface area contributed by atoms with Crippen molar-refractivity contribution >= 4 is 27.5 Å². The van der Waals surface area contributed by atoms with Crippen LogP contribution in [0.15, 0.2) is 46.9 Å². The number of ether oxygens (including phenoxy) is 1. The van der Waals surface area contributed by atoms with Crippen molar-refractivity contribution < 1.29 is 13.9 Å². The second-order valence-corrected chi connectivity index (χ2v) is 4.90.